The van der Waals surface area contributed by atoms with E-state index in [4.69, 9.17) is 4.42 Å². The third-order valence-electron chi connectivity index (χ3n) is 13.8. The molecule has 2 aliphatic rings. The van der Waals surface area contributed by atoms with Crippen LogP contribution in [0.1, 0.15) is 49.9 Å². The van der Waals surface area contributed by atoms with Gasteiger partial charge < -0.3 is 14.2 Å². The summed E-state index contributed by atoms with van der Waals surface area (Å²) in [4.78, 5) is 4.82. The second kappa shape index (κ2) is 13.3. The van der Waals surface area contributed by atoms with Crippen molar-refractivity contribution in [1.29, 1.82) is 0 Å². The van der Waals surface area contributed by atoms with Gasteiger partial charge in [-0.2, -0.15) is 0 Å². The molecule has 0 N–H and O–H groups in total. The van der Waals surface area contributed by atoms with Crippen molar-refractivity contribution in [2.24, 2.45) is 0 Å². The molecule has 0 saturated heterocycles. The van der Waals surface area contributed by atoms with E-state index in [2.05, 4.69) is 219 Å². The van der Waals surface area contributed by atoms with Gasteiger partial charge in [0.15, 0.2) is 0 Å². The standard InChI is InChI=1S/C58H42N2OS2/c1-57(2)47-33-39(59(35-15-7-5-8-16-35)37-25-29-51-45(31-37)41-19-11-13-21-49(41)62-51)23-27-43(47)55-53(57)54-56(61-55)44-28-24-40(34-48(44)58(54,3)4)60(36-17-9-6-10-18-36)38-26-30-52-46(32-38)42-20-12-14-22-50(42)63-52/h5-34H,1-4H3. The first-order valence-electron chi connectivity index (χ1n) is 21.7. The largest absolute Gasteiger partial charge is 0.455 e. The highest BCUT2D eigenvalue weighted by atomic mass is 32.1. The number of para-hydroxylation sites is 2. The minimum atomic E-state index is -0.301. The van der Waals surface area contributed by atoms with Gasteiger partial charge in [0, 0.05) is 108 Å². The Morgan fingerprint density at radius 1 is 0.349 bits per heavy atom. The molecule has 3 heterocycles. The van der Waals surface area contributed by atoms with Gasteiger partial charge in [0.2, 0.25) is 0 Å². The van der Waals surface area contributed by atoms with Crippen molar-refractivity contribution in [3.63, 3.8) is 0 Å². The van der Waals surface area contributed by atoms with Crippen LogP contribution >= 0.6 is 22.7 Å². The van der Waals surface area contributed by atoms with Crippen LogP contribution in [0, 0.1) is 0 Å². The number of fused-ring (bicyclic) bond motifs is 13. The maximum atomic E-state index is 7.17. The van der Waals surface area contributed by atoms with E-state index < -0.39 is 0 Å². The summed E-state index contributed by atoms with van der Waals surface area (Å²) in [6.45, 7) is 9.55. The lowest BCUT2D eigenvalue weighted by Crippen LogP contribution is -2.23. The fourth-order valence-corrected chi connectivity index (χ4v) is 13.0. The molecule has 13 rings (SSSR count). The van der Waals surface area contributed by atoms with E-state index in [1.54, 1.807) is 0 Å². The van der Waals surface area contributed by atoms with Gasteiger partial charge in [-0.05, 0) is 120 Å². The zero-order chi connectivity index (χ0) is 42.2. The van der Waals surface area contributed by atoms with Crippen LogP contribution in [0.15, 0.2) is 186 Å². The van der Waals surface area contributed by atoms with Crippen molar-refractivity contribution in [2.75, 3.05) is 9.80 Å². The summed E-state index contributed by atoms with van der Waals surface area (Å²) in [7, 11) is 0. The van der Waals surface area contributed by atoms with Crippen molar-refractivity contribution < 1.29 is 4.42 Å². The molecule has 0 radical (unpaired) electrons. The van der Waals surface area contributed by atoms with E-state index in [1.807, 2.05) is 22.7 Å². The number of benzene rings is 8. The molecular weight excluding hydrogens is 805 g/mol. The highest BCUT2D eigenvalue weighted by Crippen LogP contribution is 2.62. The maximum absolute atomic E-state index is 7.17. The van der Waals surface area contributed by atoms with Crippen LogP contribution in [-0.4, -0.2) is 0 Å². The molecule has 8 aromatic carbocycles. The lowest BCUT2D eigenvalue weighted by atomic mass is 9.74. The van der Waals surface area contributed by atoms with Crippen LogP contribution in [-0.2, 0) is 10.8 Å². The number of rotatable bonds is 6. The maximum Gasteiger partial charge on any atom is 0.139 e. The van der Waals surface area contributed by atoms with Crippen LogP contribution in [0.4, 0.5) is 34.1 Å². The molecule has 3 aromatic heterocycles. The Balaban J connectivity index is 0.912. The average molecular weight is 847 g/mol. The average Bonchev–Trinajstić information content (AvgIpc) is 4.09. The molecule has 11 aromatic rings. The predicted octanol–water partition coefficient (Wildman–Crippen LogP) is 17.6. The Labute approximate surface area is 374 Å². The summed E-state index contributed by atoms with van der Waals surface area (Å²) >= 11 is 3.72. The van der Waals surface area contributed by atoms with Gasteiger partial charge >= 0.3 is 0 Å². The van der Waals surface area contributed by atoms with Crippen molar-refractivity contribution in [1.82, 2.24) is 0 Å². The van der Waals surface area contributed by atoms with Crippen molar-refractivity contribution in [3.8, 4) is 22.6 Å². The van der Waals surface area contributed by atoms with Gasteiger partial charge in [0.05, 0.1) is 0 Å². The number of anilines is 6. The Hall–Kier alpha value is -6.92. The molecule has 0 bridgehead atoms. The quantitative estimate of drug-likeness (QED) is 0.166. The molecule has 0 spiro atoms. The second-order valence-electron chi connectivity index (χ2n) is 18.1. The predicted molar refractivity (Wildman–Crippen MR) is 269 cm³/mol. The number of hydrogen-bond acceptors (Lipinski definition) is 5. The zero-order valence-electron chi connectivity index (χ0n) is 35.4. The summed E-state index contributed by atoms with van der Waals surface area (Å²) in [6.07, 6.45) is 0. The number of thiophene rings is 2. The molecule has 0 amide bonds. The van der Waals surface area contributed by atoms with Gasteiger partial charge in [0.1, 0.15) is 11.5 Å². The van der Waals surface area contributed by atoms with E-state index in [9.17, 15) is 0 Å². The van der Waals surface area contributed by atoms with Gasteiger partial charge in [-0.25, -0.2) is 0 Å². The minimum absolute atomic E-state index is 0.301. The Kier molecular flexibility index (Phi) is 7.75. The summed E-state index contributed by atoms with van der Waals surface area (Å²) in [5.74, 6) is 2.02. The van der Waals surface area contributed by atoms with Crippen molar-refractivity contribution >= 4 is 97.1 Å². The number of hydrogen-bond donors (Lipinski definition) is 0. The van der Waals surface area contributed by atoms with Gasteiger partial charge in [0.25, 0.3) is 0 Å². The Bertz CT molecular complexity index is 3410. The van der Waals surface area contributed by atoms with Crippen LogP contribution < -0.4 is 9.80 Å². The van der Waals surface area contributed by atoms with Gasteiger partial charge in [-0.1, -0.05) is 100 Å². The number of nitrogens with zero attached hydrogens (tertiary/aromatic N) is 2. The fraction of sp³-hybridized carbons (Fsp3) is 0.103. The monoisotopic (exact) mass is 846 g/mol. The third kappa shape index (κ3) is 5.30. The summed E-state index contributed by atoms with van der Waals surface area (Å²) in [5.41, 5.74) is 13.8. The van der Waals surface area contributed by atoms with E-state index in [0.717, 1.165) is 45.6 Å². The first kappa shape index (κ1) is 36.7. The topological polar surface area (TPSA) is 19.6 Å². The molecule has 0 atom stereocenters. The van der Waals surface area contributed by atoms with Crippen LogP contribution in [0.3, 0.4) is 0 Å². The summed E-state index contributed by atoms with van der Waals surface area (Å²) in [6, 6.07) is 66.9. The zero-order valence-corrected chi connectivity index (χ0v) is 37.1. The molecule has 0 saturated carbocycles. The molecule has 0 unspecified atom stereocenters. The second-order valence-corrected chi connectivity index (χ2v) is 20.3. The molecule has 63 heavy (non-hydrogen) atoms. The minimum Gasteiger partial charge on any atom is -0.455 e. The van der Waals surface area contributed by atoms with Crippen molar-refractivity contribution in [3.05, 3.63) is 204 Å². The molecule has 0 fully saturated rings. The highest BCUT2D eigenvalue weighted by Gasteiger charge is 2.50. The molecular formula is C58H42N2OS2. The molecule has 0 aliphatic heterocycles. The van der Waals surface area contributed by atoms with Crippen LogP contribution in [0.25, 0.3) is 63.0 Å². The van der Waals surface area contributed by atoms with Gasteiger partial charge in [-0.15, -0.1) is 22.7 Å². The summed E-state index contributed by atoms with van der Waals surface area (Å²) in [5, 5.41) is 5.19. The Morgan fingerprint density at radius 2 is 0.714 bits per heavy atom. The molecule has 302 valence electrons. The number of furan rings is 1. The Morgan fingerprint density at radius 3 is 1.16 bits per heavy atom. The molecule has 3 nitrogen and oxygen atoms in total. The van der Waals surface area contributed by atoms with Crippen molar-refractivity contribution in [2.45, 2.75) is 38.5 Å². The first-order chi connectivity index (χ1) is 30.7. The third-order valence-corrected chi connectivity index (χ3v) is 16.1. The fourth-order valence-electron chi connectivity index (χ4n) is 10.8. The van der Waals surface area contributed by atoms with E-state index in [1.165, 1.54) is 73.7 Å². The van der Waals surface area contributed by atoms with E-state index >= 15 is 0 Å². The molecule has 5 heteroatoms. The first-order valence-corrected chi connectivity index (χ1v) is 23.4. The van der Waals surface area contributed by atoms with E-state index in [-0.39, 0.29) is 10.8 Å². The smallest absolute Gasteiger partial charge is 0.139 e. The van der Waals surface area contributed by atoms with E-state index in [0.29, 0.717) is 0 Å². The van der Waals surface area contributed by atoms with Gasteiger partial charge in [-0.3, -0.25) is 0 Å². The highest BCUT2D eigenvalue weighted by molar-refractivity contribution is 7.26. The normalized spacial score (nSPS) is 14.3. The lowest BCUT2D eigenvalue weighted by molar-refractivity contribution is 0.592. The summed E-state index contributed by atoms with van der Waals surface area (Å²) < 4.78 is 12.4. The van der Waals surface area contributed by atoms with Crippen LogP contribution in [0.2, 0.25) is 0 Å². The lowest BCUT2D eigenvalue weighted by Gasteiger charge is -2.30. The SMILES string of the molecule is CC1(C)c2cc(N(c3ccccc3)c3ccc4sc5ccccc5c4c3)ccc2-c2oc3c(c21)C(C)(C)c1cc(N(c2ccccc2)c2ccc4sc5ccccc5c4c2)ccc1-3. The van der Waals surface area contributed by atoms with Crippen LogP contribution in [0.5, 0.6) is 0 Å². The molecule has 2 aliphatic carbocycles.